The molecular formula is C25H24N4O2S. The number of fused-ring (bicyclic) bond motifs is 1. The molecule has 0 unspecified atom stereocenters. The Hall–Kier alpha value is -3.58. The fourth-order valence-corrected chi connectivity index (χ4v) is 4.15. The van der Waals surface area contributed by atoms with Gasteiger partial charge in [-0.05, 0) is 62.4 Å². The van der Waals surface area contributed by atoms with Crippen LogP contribution in [0.15, 0.2) is 77.7 Å². The Balaban J connectivity index is 1.44. The Bertz CT molecular complexity index is 1220. The molecule has 162 valence electrons. The number of benzene rings is 3. The van der Waals surface area contributed by atoms with Gasteiger partial charge in [-0.15, -0.1) is 11.8 Å². The maximum absolute atomic E-state index is 12.9. The number of hydrogen-bond acceptors (Lipinski definition) is 4. The van der Waals surface area contributed by atoms with E-state index in [0.29, 0.717) is 11.3 Å². The van der Waals surface area contributed by atoms with Gasteiger partial charge in [0.05, 0.1) is 22.3 Å². The Morgan fingerprint density at radius 3 is 2.44 bits per heavy atom. The quantitative estimate of drug-likeness (QED) is 0.346. The van der Waals surface area contributed by atoms with Crippen molar-refractivity contribution in [3.63, 3.8) is 0 Å². The molecule has 3 N–H and O–H groups in total. The minimum atomic E-state index is -0.214. The topological polar surface area (TPSA) is 86.9 Å². The van der Waals surface area contributed by atoms with Crippen molar-refractivity contribution in [3.8, 4) is 11.4 Å². The van der Waals surface area contributed by atoms with E-state index in [0.717, 1.165) is 27.3 Å². The monoisotopic (exact) mass is 444 g/mol. The first kappa shape index (κ1) is 21.6. The molecule has 7 heteroatoms. The van der Waals surface area contributed by atoms with Crippen molar-refractivity contribution in [2.45, 2.75) is 24.8 Å². The van der Waals surface area contributed by atoms with Gasteiger partial charge in [-0.3, -0.25) is 9.59 Å². The van der Waals surface area contributed by atoms with Crippen LogP contribution in [0.25, 0.3) is 22.4 Å². The summed E-state index contributed by atoms with van der Waals surface area (Å²) >= 11 is 1.35. The van der Waals surface area contributed by atoms with Crippen molar-refractivity contribution >= 4 is 40.3 Å². The van der Waals surface area contributed by atoms with E-state index in [1.165, 1.54) is 11.8 Å². The first-order valence-corrected chi connectivity index (χ1v) is 11.4. The predicted octanol–water partition coefficient (Wildman–Crippen LogP) is 5.10. The average molecular weight is 445 g/mol. The SMILES string of the molecule is CC(C)NC(=O)CSc1ccccc1C(=O)Nc1ccc(-c2nc3ccccc3[nH]2)cc1. The van der Waals surface area contributed by atoms with Gasteiger partial charge < -0.3 is 15.6 Å². The van der Waals surface area contributed by atoms with E-state index in [4.69, 9.17) is 0 Å². The summed E-state index contributed by atoms with van der Waals surface area (Å²) in [4.78, 5) is 33.5. The van der Waals surface area contributed by atoms with Gasteiger partial charge in [-0.25, -0.2) is 4.98 Å². The normalized spacial score (nSPS) is 11.0. The summed E-state index contributed by atoms with van der Waals surface area (Å²) in [5, 5.41) is 5.80. The molecule has 32 heavy (non-hydrogen) atoms. The first-order valence-electron chi connectivity index (χ1n) is 10.4. The number of para-hydroxylation sites is 2. The molecule has 1 heterocycles. The molecular weight excluding hydrogens is 420 g/mol. The van der Waals surface area contributed by atoms with Crippen LogP contribution in [0, 0.1) is 0 Å². The minimum absolute atomic E-state index is 0.0543. The maximum Gasteiger partial charge on any atom is 0.256 e. The lowest BCUT2D eigenvalue weighted by molar-refractivity contribution is -0.119. The van der Waals surface area contributed by atoms with Crippen molar-refractivity contribution in [2.24, 2.45) is 0 Å². The Labute approximate surface area is 190 Å². The number of aromatic nitrogens is 2. The van der Waals surface area contributed by atoms with Crippen LogP contribution in [0.4, 0.5) is 5.69 Å². The summed E-state index contributed by atoms with van der Waals surface area (Å²) in [6.45, 7) is 3.84. The highest BCUT2D eigenvalue weighted by Crippen LogP contribution is 2.25. The van der Waals surface area contributed by atoms with Gasteiger partial charge in [0.15, 0.2) is 0 Å². The second-order valence-electron chi connectivity index (χ2n) is 7.64. The van der Waals surface area contributed by atoms with Gasteiger partial charge in [0.1, 0.15) is 5.82 Å². The number of nitrogens with zero attached hydrogens (tertiary/aromatic N) is 1. The number of amides is 2. The van der Waals surface area contributed by atoms with E-state index in [1.807, 2.05) is 80.6 Å². The molecule has 0 spiro atoms. The third-order valence-corrected chi connectivity index (χ3v) is 5.82. The van der Waals surface area contributed by atoms with Crippen LogP contribution in [0.5, 0.6) is 0 Å². The number of carbonyl (C=O) groups is 2. The van der Waals surface area contributed by atoms with Crippen LogP contribution in [-0.2, 0) is 4.79 Å². The second kappa shape index (κ2) is 9.70. The lowest BCUT2D eigenvalue weighted by Crippen LogP contribution is -2.31. The highest BCUT2D eigenvalue weighted by molar-refractivity contribution is 8.00. The number of hydrogen-bond donors (Lipinski definition) is 3. The van der Waals surface area contributed by atoms with Crippen LogP contribution in [0.1, 0.15) is 24.2 Å². The highest BCUT2D eigenvalue weighted by atomic mass is 32.2. The largest absolute Gasteiger partial charge is 0.353 e. The molecule has 0 saturated heterocycles. The lowest BCUT2D eigenvalue weighted by atomic mass is 10.1. The van der Waals surface area contributed by atoms with E-state index >= 15 is 0 Å². The van der Waals surface area contributed by atoms with Crippen molar-refractivity contribution in [1.82, 2.24) is 15.3 Å². The molecule has 4 aromatic rings. The number of imidazole rings is 1. The van der Waals surface area contributed by atoms with Crippen LogP contribution in [0.3, 0.4) is 0 Å². The fourth-order valence-electron chi connectivity index (χ4n) is 3.29. The van der Waals surface area contributed by atoms with Gasteiger partial charge >= 0.3 is 0 Å². The number of rotatable bonds is 7. The zero-order valence-electron chi connectivity index (χ0n) is 17.9. The third-order valence-electron chi connectivity index (χ3n) is 4.75. The predicted molar refractivity (Wildman–Crippen MR) is 130 cm³/mol. The number of H-pyrrole nitrogens is 1. The fraction of sp³-hybridized carbons (Fsp3) is 0.160. The summed E-state index contributed by atoms with van der Waals surface area (Å²) in [5.74, 6) is 0.773. The molecule has 0 aliphatic heterocycles. The summed E-state index contributed by atoms with van der Waals surface area (Å²) in [7, 11) is 0. The lowest BCUT2D eigenvalue weighted by Gasteiger charge is -2.11. The van der Waals surface area contributed by atoms with Crippen molar-refractivity contribution in [3.05, 3.63) is 78.4 Å². The van der Waals surface area contributed by atoms with Gasteiger partial charge in [0, 0.05) is 22.2 Å². The standard InChI is InChI=1S/C25H24N4O2S/c1-16(2)26-23(30)15-32-22-10-6-3-7-19(22)25(31)27-18-13-11-17(12-14-18)24-28-20-8-4-5-9-21(20)29-24/h3-14,16H,15H2,1-2H3,(H,26,30)(H,27,31)(H,28,29). The van der Waals surface area contributed by atoms with Gasteiger partial charge in [-0.1, -0.05) is 24.3 Å². The number of carbonyl (C=O) groups excluding carboxylic acids is 2. The number of nitrogens with one attached hydrogen (secondary N) is 3. The first-order chi connectivity index (χ1) is 15.5. The molecule has 2 amide bonds. The van der Waals surface area contributed by atoms with E-state index in [1.54, 1.807) is 6.07 Å². The van der Waals surface area contributed by atoms with Gasteiger partial charge in [0.2, 0.25) is 5.91 Å². The van der Waals surface area contributed by atoms with Crippen molar-refractivity contribution in [1.29, 1.82) is 0 Å². The molecule has 0 radical (unpaired) electrons. The van der Waals surface area contributed by atoms with E-state index in [9.17, 15) is 9.59 Å². The zero-order valence-corrected chi connectivity index (χ0v) is 18.7. The van der Waals surface area contributed by atoms with Crippen LogP contribution >= 0.6 is 11.8 Å². The number of thioether (sulfide) groups is 1. The summed E-state index contributed by atoms with van der Waals surface area (Å²) in [5.41, 5.74) is 4.06. The Morgan fingerprint density at radius 2 is 1.69 bits per heavy atom. The molecule has 6 nitrogen and oxygen atoms in total. The Morgan fingerprint density at radius 1 is 0.969 bits per heavy atom. The van der Waals surface area contributed by atoms with Crippen LogP contribution in [0.2, 0.25) is 0 Å². The molecule has 3 aromatic carbocycles. The molecule has 4 rings (SSSR count). The summed E-state index contributed by atoms with van der Waals surface area (Å²) in [6, 6.07) is 22.8. The molecule has 0 atom stereocenters. The molecule has 1 aromatic heterocycles. The van der Waals surface area contributed by atoms with Gasteiger partial charge in [-0.2, -0.15) is 0 Å². The second-order valence-corrected chi connectivity index (χ2v) is 8.66. The molecule has 0 fully saturated rings. The third kappa shape index (κ3) is 5.18. The van der Waals surface area contributed by atoms with Crippen LogP contribution in [-0.4, -0.2) is 33.6 Å². The molecule has 0 aliphatic rings. The van der Waals surface area contributed by atoms with E-state index in [2.05, 4.69) is 20.6 Å². The highest BCUT2D eigenvalue weighted by Gasteiger charge is 2.14. The summed E-state index contributed by atoms with van der Waals surface area (Å²) in [6.07, 6.45) is 0. The van der Waals surface area contributed by atoms with Gasteiger partial charge in [0.25, 0.3) is 5.91 Å². The summed E-state index contributed by atoms with van der Waals surface area (Å²) < 4.78 is 0. The Kier molecular flexibility index (Phi) is 6.56. The van der Waals surface area contributed by atoms with Crippen molar-refractivity contribution < 1.29 is 9.59 Å². The smallest absolute Gasteiger partial charge is 0.256 e. The van der Waals surface area contributed by atoms with Crippen LogP contribution < -0.4 is 10.6 Å². The minimum Gasteiger partial charge on any atom is -0.353 e. The number of aromatic amines is 1. The van der Waals surface area contributed by atoms with Crippen molar-refractivity contribution in [2.75, 3.05) is 11.1 Å². The van der Waals surface area contributed by atoms with E-state index in [-0.39, 0.29) is 23.6 Å². The average Bonchev–Trinajstić information content (AvgIpc) is 3.22. The maximum atomic E-state index is 12.9. The molecule has 0 aliphatic carbocycles. The molecule has 0 saturated carbocycles. The zero-order chi connectivity index (χ0) is 22.5. The van der Waals surface area contributed by atoms with E-state index < -0.39 is 0 Å². The molecule has 0 bridgehead atoms. The number of anilines is 1.